The van der Waals surface area contributed by atoms with Gasteiger partial charge in [-0.15, -0.1) is 0 Å². The second-order valence-electron chi connectivity index (χ2n) is 6.02. The van der Waals surface area contributed by atoms with Gasteiger partial charge in [-0.1, -0.05) is 0 Å². The maximum absolute atomic E-state index is 12.3. The lowest BCUT2D eigenvalue weighted by molar-refractivity contribution is -0.139. The van der Waals surface area contributed by atoms with Gasteiger partial charge in [-0.25, -0.2) is 0 Å². The molecule has 3 aliphatic carbocycles. The van der Waals surface area contributed by atoms with Crippen molar-refractivity contribution in [3.05, 3.63) is 0 Å². The molecule has 3 fully saturated rings. The molecule has 2 bridgehead atoms. The van der Waals surface area contributed by atoms with Crippen molar-refractivity contribution in [1.82, 2.24) is 0 Å². The van der Waals surface area contributed by atoms with E-state index in [1.807, 2.05) is 0 Å². The van der Waals surface area contributed by atoms with E-state index in [-0.39, 0.29) is 5.41 Å². The van der Waals surface area contributed by atoms with Crippen LogP contribution in [0.4, 0.5) is 0 Å². The van der Waals surface area contributed by atoms with E-state index in [9.17, 15) is 4.79 Å². The van der Waals surface area contributed by atoms with Crippen molar-refractivity contribution in [3.8, 4) is 0 Å². The minimum absolute atomic E-state index is 0.0653. The monoisotopic (exact) mass is 238 g/mol. The number of hydrogen-bond donors (Lipinski definition) is 0. The summed E-state index contributed by atoms with van der Waals surface area (Å²) < 4.78 is 10.8. The number of ketones is 1. The molecule has 17 heavy (non-hydrogen) atoms. The van der Waals surface area contributed by atoms with Crippen LogP contribution in [0.1, 0.15) is 44.9 Å². The minimum atomic E-state index is 0.0653. The third kappa shape index (κ3) is 1.75. The summed E-state index contributed by atoms with van der Waals surface area (Å²) in [6, 6.07) is 0. The highest BCUT2D eigenvalue weighted by Crippen LogP contribution is 2.59. The second-order valence-corrected chi connectivity index (χ2v) is 6.02. The minimum Gasteiger partial charge on any atom is -0.359 e. The van der Waals surface area contributed by atoms with E-state index >= 15 is 0 Å². The Hall–Kier alpha value is -0.410. The largest absolute Gasteiger partial charge is 0.359 e. The number of rotatable bonds is 3. The van der Waals surface area contributed by atoms with Crippen molar-refractivity contribution < 1.29 is 14.3 Å². The topological polar surface area (TPSA) is 35.5 Å². The van der Waals surface area contributed by atoms with Crippen LogP contribution in [-0.2, 0) is 14.3 Å². The van der Waals surface area contributed by atoms with E-state index in [4.69, 9.17) is 9.47 Å². The molecule has 3 rings (SSSR count). The molecule has 0 unspecified atom stereocenters. The van der Waals surface area contributed by atoms with Crippen LogP contribution in [0.2, 0.25) is 0 Å². The second kappa shape index (κ2) is 4.36. The smallest absolute Gasteiger partial charge is 0.146 e. The number of carbonyl (C=O) groups is 1. The molecule has 0 aliphatic heterocycles. The van der Waals surface area contributed by atoms with E-state index in [1.54, 1.807) is 7.11 Å². The van der Waals surface area contributed by atoms with Gasteiger partial charge in [0.05, 0.1) is 6.10 Å². The quantitative estimate of drug-likeness (QED) is 0.709. The van der Waals surface area contributed by atoms with Gasteiger partial charge < -0.3 is 9.47 Å². The van der Waals surface area contributed by atoms with Crippen molar-refractivity contribution in [3.63, 3.8) is 0 Å². The van der Waals surface area contributed by atoms with Gasteiger partial charge in [0.15, 0.2) is 0 Å². The first-order valence-electron chi connectivity index (χ1n) is 6.90. The highest BCUT2D eigenvalue weighted by Gasteiger charge is 2.57. The molecule has 0 aromatic rings. The number of Topliss-reactive ketones (excluding diaryl/α,β-unsaturated/α-hetero) is 1. The molecule has 96 valence electrons. The van der Waals surface area contributed by atoms with Gasteiger partial charge in [0.2, 0.25) is 0 Å². The van der Waals surface area contributed by atoms with Crippen LogP contribution in [0.3, 0.4) is 0 Å². The number of hydrogen-bond acceptors (Lipinski definition) is 3. The highest BCUT2D eigenvalue weighted by atomic mass is 16.7. The first kappa shape index (κ1) is 11.7. The van der Waals surface area contributed by atoms with Crippen molar-refractivity contribution in [1.29, 1.82) is 0 Å². The van der Waals surface area contributed by atoms with Crippen molar-refractivity contribution in [2.24, 2.45) is 17.3 Å². The fourth-order valence-electron chi connectivity index (χ4n) is 4.54. The van der Waals surface area contributed by atoms with E-state index in [0.717, 1.165) is 32.1 Å². The Kier molecular flexibility index (Phi) is 2.99. The van der Waals surface area contributed by atoms with Gasteiger partial charge in [0, 0.05) is 18.9 Å². The van der Waals surface area contributed by atoms with Gasteiger partial charge in [0.25, 0.3) is 0 Å². The lowest BCUT2D eigenvalue weighted by Gasteiger charge is -2.41. The summed E-state index contributed by atoms with van der Waals surface area (Å²) in [6.45, 7) is 0.396. The molecule has 0 saturated heterocycles. The Morgan fingerprint density at radius 2 is 2.29 bits per heavy atom. The molecule has 0 N–H and O–H groups in total. The summed E-state index contributed by atoms with van der Waals surface area (Å²) in [5, 5.41) is 0. The Labute approximate surface area is 103 Å². The fourth-order valence-corrected chi connectivity index (χ4v) is 4.54. The molecule has 0 amide bonds. The van der Waals surface area contributed by atoms with Gasteiger partial charge in [-0.05, 0) is 50.4 Å². The van der Waals surface area contributed by atoms with E-state index in [1.165, 1.54) is 12.8 Å². The molecule has 1 spiro atoms. The lowest BCUT2D eigenvalue weighted by Crippen LogP contribution is -2.41. The third-order valence-electron chi connectivity index (χ3n) is 5.31. The van der Waals surface area contributed by atoms with Crippen LogP contribution in [-0.4, -0.2) is 25.8 Å². The molecule has 4 atom stereocenters. The van der Waals surface area contributed by atoms with Crippen molar-refractivity contribution >= 4 is 5.78 Å². The summed E-state index contributed by atoms with van der Waals surface area (Å²) >= 11 is 0. The molecule has 0 aromatic carbocycles. The summed E-state index contributed by atoms with van der Waals surface area (Å²) in [4.78, 5) is 12.3. The zero-order chi connectivity index (χ0) is 11.9. The van der Waals surface area contributed by atoms with E-state index < -0.39 is 0 Å². The first-order valence-corrected chi connectivity index (χ1v) is 6.90. The molecule has 3 aliphatic rings. The SMILES string of the molecule is COCO[C@@H]1CC[C@@]23C[C@@H]1C[C@H]2CCCC3=O. The van der Waals surface area contributed by atoms with Crippen LogP contribution in [0.15, 0.2) is 0 Å². The van der Waals surface area contributed by atoms with Crippen LogP contribution >= 0.6 is 0 Å². The van der Waals surface area contributed by atoms with Crippen LogP contribution in [0.5, 0.6) is 0 Å². The summed E-state index contributed by atoms with van der Waals surface area (Å²) in [7, 11) is 1.67. The molecule has 0 radical (unpaired) electrons. The van der Waals surface area contributed by atoms with Crippen LogP contribution in [0, 0.1) is 17.3 Å². The molecule has 0 heterocycles. The predicted octanol–water partition coefficient (Wildman–Crippen LogP) is 2.53. The van der Waals surface area contributed by atoms with Gasteiger partial charge in [-0.2, -0.15) is 0 Å². The summed E-state index contributed by atoms with van der Waals surface area (Å²) in [5.41, 5.74) is 0.0653. The Morgan fingerprint density at radius 1 is 1.41 bits per heavy atom. The predicted molar refractivity (Wildman–Crippen MR) is 63.5 cm³/mol. The molecule has 3 heteroatoms. The number of ether oxygens (including phenoxy) is 2. The molecule has 3 nitrogen and oxygen atoms in total. The maximum atomic E-state index is 12.3. The first-order chi connectivity index (χ1) is 8.26. The standard InChI is InChI=1S/C14H22O3/c1-16-9-17-12-5-6-14-8-10(12)7-11(14)3-2-4-13(14)15/h10-12H,2-9H2,1H3/t10-,11+,12+,14+/m0/s1. The molecular formula is C14H22O3. The van der Waals surface area contributed by atoms with E-state index in [0.29, 0.717) is 30.5 Å². The van der Waals surface area contributed by atoms with Crippen molar-refractivity contribution in [2.75, 3.05) is 13.9 Å². The number of methoxy groups -OCH3 is 1. The number of carbonyl (C=O) groups excluding carboxylic acids is 1. The zero-order valence-electron chi connectivity index (χ0n) is 10.6. The van der Waals surface area contributed by atoms with Gasteiger partial charge in [-0.3, -0.25) is 4.79 Å². The van der Waals surface area contributed by atoms with Gasteiger partial charge >= 0.3 is 0 Å². The molecular weight excluding hydrogens is 216 g/mol. The fraction of sp³-hybridized carbons (Fsp3) is 0.929. The zero-order valence-corrected chi connectivity index (χ0v) is 10.6. The summed E-state index contributed by atoms with van der Waals surface area (Å²) in [6.07, 6.45) is 7.94. The van der Waals surface area contributed by atoms with Crippen LogP contribution < -0.4 is 0 Å². The summed E-state index contributed by atoms with van der Waals surface area (Å²) in [5.74, 6) is 1.82. The third-order valence-corrected chi connectivity index (χ3v) is 5.31. The van der Waals surface area contributed by atoms with Crippen molar-refractivity contribution in [2.45, 2.75) is 51.0 Å². The lowest BCUT2D eigenvalue weighted by atomic mass is 9.63. The van der Waals surface area contributed by atoms with Crippen LogP contribution in [0.25, 0.3) is 0 Å². The maximum Gasteiger partial charge on any atom is 0.146 e. The normalized spacial score (nSPS) is 44.8. The Bertz CT molecular complexity index is 315. The average molecular weight is 238 g/mol. The average Bonchev–Trinajstić information content (AvgIpc) is 2.64. The van der Waals surface area contributed by atoms with Gasteiger partial charge in [0.1, 0.15) is 12.6 Å². The van der Waals surface area contributed by atoms with E-state index in [2.05, 4.69) is 0 Å². The molecule has 3 saturated carbocycles. The molecule has 0 aromatic heterocycles. The number of fused-ring (bicyclic) bond motifs is 1. The Balaban J connectivity index is 1.74. The highest BCUT2D eigenvalue weighted by molar-refractivity contribution is 5.86. The Morgan fingerprint density at radius 3 is 3.12 bits per heavy atom.